The fraction of sp³-hybridized carbons (Fsp3) is 0.0625. The Labute approximate surface area is 217 Å². The van der Waals surface area contributed by atoms with E-state index in [9.17, 15) is 4.39 Å². The molecule has 0 amide bonds. The van der Waals surface area contributed by atoms with Gasteiger partial charge < -0.3 is 5.32 Å². The summed E-state index contributed by atoms with van der Waals surface area (Å²) in [5, 5.41) is 8.69. The smallest absolute Gasteiger partial charge is 0.205 e. The van der Waals surface area contributed by atoms with E-state index in [1.807, 2.05) is 121 Å². The minimum absolute atomic E-state index is 0.300. The highest BCUT2D eigenvalue weighted by Gasteiger charge is 2.35. The standard InChI is InChI=1S/C32H28FN2OP/c33-27-23-21-26(22-24-27)31(34-28-15-7-2-8-16-28)32(25-13-5-1-6-14-25)35-37(36,29-17-9-3-10-18-29)30-19-11-4-12-20-30/h1-24,31-32,34H,(H,35,36). The van der Waals surface area contributed by atoms with E-state index in [0.29, 0.717) is 0 Å². The van der Waals surface area contributed by atoms with E-state index in [2.05, 4.69) is 10.4 Å². The topological polar surface area (TPSA) is 41.1 Å². The molecule has 0 aliphatic rings. The molecule has 0 saturated heterocycles. The zero-order valence-corrected chi connectivity index (χ0v) is 21.1. The van der Waals surface area contributed by atoms with Crippen LogP contribution in [-0.4, -0.2) is 0 Å². The highest BCUT2D eigenvalue weighted by atomic mass is 31.2. The van der Waals surface area contributed by atoms with Crippen molar-refractivity contribution in [1.29, 1.82) is 0 Å². The largest absolute Gasteiger partial charge is 0.376 e. The molecular weight excluding hydrogens is 478 g/mol. The molecule has 0 fully saturated rings. The summed E-state index contributed by atoms with van der Waals surface area (Å²) in [7, 11) is -3.30. The van der Waals surface area contributed by atoms with Gasteiger partial charge in [0.2, 0.25) is 7.29 Å². The Morgan fingerprint density at radius 1 is 0.514 bits per heavy atom. The fourth-order valence-corrected chi connectivity index (χ4v) is 6.99. The zero-order valence-electron chi connectivity index (χ0n) is 20.2. The van der Waals surface area contributed by atoms with Gasteiger partial charge in [0, 0.05) is 16.3 Å². The summed E-state index contributed by atoms with van der Waals surface area (Å²) < 4.78 is 29.0. The Hall–Kier alpha value is -3.98. The number of halogens is 1. The molecule has 5 rings (SSSR count). The Morgan fingerprint density at radius 3 is 1.46 bits per heavy atom. The van der Waals surface area contributed by atoms with Crippen LogP contribution in [0, 0.1) is 5.82 Å². The second kappa shape index (κ2) is 11.4. The van der Waals surface area contributed by atoms with Crippen molar-refractivity contribution in [2.75, 3.05) is 5.32 Å². The average Bonchev–Trinajstić information content (AvgIpc) is 2.97. The summed E-state index contributed by atoms with van der Waals surface area (Å²) in [5.74, 6) is -0.300. The van der Waals surface area contributed by atoms with E-state index < -0.39 is 13.3 Å². The van der Waals surface area contributed by atoms with Gasteiger partial charge in [0.25, 0.3) is 0 Å². The Balaban J connectivity index is 1.67. The minimum Gasteiger partial charge on any atom is -0.376 e. The molecule has 184 valence electrons. The van der Waals surface area contributed by atoms with Gasteiger partial charge in [0.15, 0.2) is 0 Å². The van der Waals surface area contributed by atoms with Gasteiger partial charge in [0.05, 0.1) is 12.1 Å². The van der Waals surface area contributed by atoms with Crippen LogP contribution in [0.25, 0.3) is 0 Å². The molecule has 37 heavy (non-hydrogen) atoms. The molecule has 5 aromatic rings. The Kier molecular flexibility index (Phi) is 7.60. The average molecular weight is 507 g/mol. The number of benzene rings is 5. The van der Waals surface area contributed by atoms with E-state index in [1.54, 1.807) is 12.1 Å². The lowest BCUT2D eigenvalue weighted by Crippen LogP contribution is -2.35. The predicted molar refractivity (Wildman–Crippen MR) is 151 cm³/mol. The number of nitrogens with one attached hydrogen (secondary N) is 2. The Morgan fingerprint density at radius 2 is 0.946 bits per heavy atom. The first-order chi connectivity index (χ1) is 18.1. The van der Waals surface area contributed by atoms with E-state index in [1.165, 1.54) is 12.1 Å². The van der Waals surface area contributed by atoms with Gasteiger partial charge in [-0.05, 0) is 59.7 Å². The molecule has 0 aliphatic heterocycles. The van der Waals surface area contributed by atoms with Crippen molar-refractivity contribution >= 4 is 23.6 Å². The maximum absolute atomic E-state index is 15.0. The van der Waals surface area contributed by atoms with Gasteiger partial charge in [-0.25, -0.2) is 4.39 Å². The number of hydrogen-bond acceptors (Lipinski definition) is 2. The van der Waals surface area contributed by atoms with Gasteiger partial charge in [-0.2, -0.15) is 0 Å². The van der Waals surface area contributed by atoms with Crippen molar-refractivity contribution in [3.05, 3.63) is 163 Å². The summed E-state index contributed by atoms with van der Waals surface area (Å²) in [6, 6.07) is 44.7. The molecule has 2 atom stereocenters. The summed E-state index contributed by atoms with van der Waals surface area (Å²) >= 11 is 0. The first-order valence-electron chi connectivity index (χ1n) is 12.2. The van der Waals surface area contributed by atoms with Crippen molar-refractivity contribution < 1.29 is 8.96 Å². The quantitative estimate of drug-likeness (QED) is 0.207. The monoisotopic (exact) mass is 506 g/mol. The van der Waals surface area contributed by atoms with Crippen LogP contribution >= 0.6 is 7.29 Å². The van der Waals surface area contributed by atoms with Crippen molar-refractivity contribution in [3.8, 4) is 0 Å². The van der Waals surface area contributed by atoms with Gasteiger partial charge in [-0.3, -0.25) is 9.65 Å². The lowest BCUT2D eigenvalue weighted by atomic mass is 9.93. The fourth-order valence-electron chi connectivity index (χ4n) is 4.51. The molecule has 3 nitrogen and oxygen atoms in total. The first kappa shape index (κ1) is 24.7. The van der Waals surface area contributed by atoms with Crippen LogP contribution in [0.15, 0.2) is 146 Å². The maximum Gasteiger partial charge on any atom is 0.205 e. The van der Waals surface area contributed by atoms with Crippen LogP contribution in [0.5, 0.6) is 0 Å². The molecule has 5 aromatic carbocycles. The lowest BCUT2D eigenvalue weighted by molar-refractivity contribution is 0.529. The van der Waals surface area contributed by atoms with Gasteiger partial charge in [-0.15, -0.1) is 0 Å². The van der Waals surface area contributed by atoms with Crippen LogP contribution in [0.4, 0.5) is 10.1 Å². The molecule has 0 radical (unpaired) electrons. The molecule has 0 aromatic heterocycles. The lowest BCUT2D eigenvalue weighted by Gasteiger charge is -2.34. The number of hydrogen-bond donors (Lipinski definition) is 2. The highest BCUT2D eigenvalue weighted by Crippen LogP contribution is 2.45. The summed E-state index contributed by atoms with van der Waals surface area (Å²) in [4.78, 5) is 0. The van der Waals surface area contributed by atoms with Crippen molar-refractivity contribution in [1.82, 2.24) is 5.09 Å². The number of para-hydroxylation sites is 1. The van der Waals surface area contributed by atoms with E-state index >= 15 is 4.57 Å². The third-order valence-electron chi connectivity index (χ3n) is 6.38. The molecule has 2 unspecified atom stereocenters. The van der Waals surface area contributed by atoms with Crippen molar-refractivity contribution in [3.63, 3.8) is 0 Å². The van der Waals surface area contributed by atoms with Crippen molar-refractivity contribution in [2.24, 2.45) is 0 Å². The van der Waals surface area contributed by atoms with E-state index in [0.717, 1.165) is 27.4 Å². The van der Waals surface area contributed by atoms with Gasteiger partial charge in [-0.1, -0.05) is 97.1 Å². The first-order valence-corrected chi connectivity index (χ1v) is 14.0. The third-order valence-corrected chi connectivity index (χ3v) is 9.07. The van der Waals surface area contributed by atoms with Crippen LogP contribution < -0.4 is 21.0 Å². The summed E-state index contributed by atoms with van der Waals surface area (Å²) in [5.41, 5.74) is 2.75. The summed E-state index contributed by atoms with van der Waals surface area (Å²) in [6.07, 6.45) is 0. The molecule has 0 bridgehead atoms. The van der Waals surface area contributed by atoms with E-state index in [-0.39, 0.29) is 11.9 Å². The second-order valence-corrected chi connectivity index (χ2v) is 11.3. The number of rotatable bonds is 9. The van der Waals surface area contributed by atoms with Crippen LogP contribution in [0.3, 0.4) is 0 Å². The van der Waals surface area contributed by atoms with Crippen LogP contribution in [0.2, 0.25) is 0 Å². The van der Waals surface area contributed by atoms with Gasteiger partial charge >= 0.3 is 0 Å². The Bertz CT molecular complexity index is 1400. The maximum atomic E-state index is 15.0. The molecule has 2 N–H and O–H groups in total. The molecule has 0 aliphatic carbocycles. The second-order valence-electron chi connectivity index (χ2n) is 8.84. The van der Waals surface area contributed by atoms with Gasteiger partial charge in [0.1, 0.15) is 5.82 Å². The van der Waals surface area contributed by atoms with Crippen LogP contribution in [0.1, 0.15) is 23.2 Å². The minimum atomic E-state index is -3.30. The highest BCUT2D eigenvalue weighted by molar-refractivity contribution is 7.76. The molecule has 5 heteroatoms. The van der Waals surface area contributed by atoms with Crippen LogP contribution in [-0.2, 0) is 4.57 Å². The molecule has 0 saturated carbocycles. The predicted octanol–water partition coefficient (Wildman–Crippen LogP) is 7.24. The summed E-state index contributed by atoms with van der Waals surface area (Å²) in [6.45, 7) is 0. The normalized spacial score (nSPS) is 13.0. The molecule has 0 spiro atoms. The zero-order chi connectivity index (χ0) is 25.5. The SMILES string of the molecule is O=P(NC(c1ccccc1)C(Nc1ccccc1)c1ccc(F)cc1)(c1ccccc1)c1ccccc1. The van der Waals surface area contributed by atoms with Crippen molar-refractivity contribution in [2.45, 2.75) is 12.1 Å². The molecular formula is C32H28FN2OP. The number of anilines is 1. The third kappa shape index (κ3) is 5.72. The molecule has 0 heterocycles. The van der Waals surface area contributed by atoms with E-state index in [4.69, 9.17) is 0 Å².